The van der Waals surface area contributed by atoms with Crippen LogP contribution in [0.2, 0.25) is 0 Å². The first-order valence-corrected chi connectivity index (χ1v) is 38.8. The van der Waals surface area contributed by atoms with Gasteiger partial charge in [-0.2, -0.15) is 0 Å². The van der Waals surface area contributed by atoms with Crippen LogP contribution in [0.5, 0.6) is 40.2 Å². The van der Waals surface area contributed by atoms with Gasteiger partial charge in [-0.1, -0.05) is 0 Å². The van der Waals surface area contributed by atoms with Gasteiger partial charge in [0.25, 0.3) is 29.5 Å². The lowest BCUT2D eigenvalue weighted by Gasteiger charge is -2.06. The maximum absolute atomic E-state index is 11.2. The number of hydrogen-bond acceptors (Lipinski definition) is 26. The summed E-state index contributed by atoms with van der Waals surface area (Å²) in [6.45, 7) is 0. The van der Waals surface area contributed by atoms with E-state index < -0.39 is 48.7 Å². The molecule has 0 heterocycles. The molecule has 0 fully saturated rings. The van der Waals surface area contributed by atoms with E-state index >= 15 is 0 Å². The average Bonchev–Trinajstić information content (AvgIpc) is 0.880. The van der Waals surface area contributed by atoms with Crippen molar-refractivity contribution < 1.29 is 124 Å². The van der Waals surface area contributed by atoms with Crippen LogP contribution in [0.4, 0.5) is 86.9 Å². The van der Waals surface area contributed by atoms with Crippen LogP contribution >= 0.6 is 0 Å². The van der Waals surface area contributed by atoms with Crippen molar-refractivity contribution in [3.63, 3.8) is 0 Å². The zero-order chi connectivity index (χ0) is 99.6. The highest BCUT2D eigenvalue weighted by atomic mass is 16.6. The molecule has 133 heavy (non-hydrogen) atoms. The van der Waals surface area contributed by atoms with Gasteiger partial charge in [-0.3, -0.25) is 39.9 Å². The van der Waals surface area contributed by atoms with E-state index in [0.29, 0.717) is 90.7 Å². The number of anilines is 6. The molecule has 0 unspecified atom stereocenters. The van der Waals surface area contributed by atoms with E-state index in [-0.39, 0.29) is 47.6 Å². The fourth-order valence-electron chi connectivity index (χ4n) is 8.59. The third-order valence-electron chi connectivity index (χ3n) is 15.5. The van der Waals surface area contributed by atoms with Crippen molar-refractivity contribution in [1.29, 1.82) is 0 Å². The Bertz CT molecular complexity index is 4580. The fourth-order valence-corrected chi connectivity index (χ4v) is 8.59. The Labute approximate surface area is 766 Å². The van der Waals surface area contributed by atoms with E-state index in [9.17, 15) is 76.7 Å². The van der Waals surface area contributed by atoms with Crippen LogP contribution < -0.4 is 134 Å². The zero-order valence-electron chi connectivity index (χ0n) is 75.9. The van der Waals surface area contributed by atoms with E-state index in [1.165, 1.54) is 102 Å². The Kier molecular flexibility index (Phi) is 55.6. The predicted octanol–water partition coefficient (Wildman–Crippen LogP) is 10.4. The summed E-state index contributed by atoms with van der Waals surface area (Å²) in [6, 6.07) is 57.9. The maximum Gasteiger partial charge on any atom is 0.412 e. The summed E-state index contributed by atoms with van der Waals surface area (Å²) < 4.78 is 47.4. The van der Waals surface area contributed by atoms with Gasteiger partial charge in [0.05, 0.1) is 35.5 Å². The third-order valence-corrected chi connectivity index (χ3v) is 15.5. The molecule has 45 nitrogen and oxygen atoms in total. The highest BCUT2D eigenvalue weighted by Crippen LogP contribution is 2.22. The van der Waals surface area contributed by atoms with E-state index in [1.54, 1.807) is 244 Å². The summed E-state index contributed by atoms with van der Waals surface area (Å²) in [4.78, 5) is 175. The number of carbonyl (C=O) groups excluding carboxylic acids is 16. The van der Waals surface area contributed by atoms with Gasteiger partial charge >= 0.3 is 66.8 Å². The summed E-state index contributed by atoms with van der Waals surface area (Å²) in [5.74, 6) is 2.73. The first-order valence-electron chi connectivity index (χ1n) is 38.8. The van der Waals surface area contributed by atoms with E-state index in [1.807, 2.05) is 0 Å². The van der Waals surface area contributed by atoms with Crippen LogP contribution in [0.15, 0.2) is 218 Å². The van der Waals surface area contributed by atoms with Crippen molar-refractivity contribution in [3.05, 3.63) is 246 Å². The highest BCUT2D eigenvalue weighted by Gasteiger charge is 2.13. The molecule has 0 saturated carbocycles. The smallest absolute Gasteiger partial charge is 0.412 e. The number of ether oxygens (including phenoxy) is 10. The van der Waals surface area contributed by atoms with Gasteiger partial charge < -0.3 is 132 Å². The van der Waals surface area contributed by atoms with Crippen LogP contribution in [-0.2, 0) is 14.2 Å². The lowest BCUT2D eigenvalue weighted by atomic mass is 10.1. The number of nitrogens with one attached hydrogen (secondary N) is 19. The molecule has 0 radical (unpaired) electrons. The Morgan fingerprint density at radius 1 is 0.165 bits per heavy atom. The van der Waals surface area contributed by atoms with Gasteiger partial charge in [-0.05, 0) is 218 Å². The Morgan fingerprint density at radius 2 is 0.308 bits per heavy atom. The van der Waals surface area contributed by atoms with E-state index in [0.717, 1.165) is 11.5 Å². The van der Waals surface area contributed by atoms with Crippen LogP contribution in [0.25, 0.3) is 0 Å². The number of urea groups is 3. The molecule has 0 bridgehead atoms. The monoisotopic (exact) mass is 1850 g/mol. The minimum absolute atomic E-state index is 0.0855. The summed E-state index contributed by atoms with van der Waals surface area (Å²) in [5.41, 5.74) is 6.44. The van der Waals surface area contributed by atoms with Gasteiger partial charge in [0.15, 0.2) is 0 Å². The van der Waals surface area contributed by atoms with Crippen molar-refractivity contribution in [2.45, 2.75) is 0 Å². The first-order chi connectivity index (χ1) is 63.7. The molecule has 0 aliphatic rings. The second-order valence-electron chi connectivity index (χ2n) is 24.3. The first kappa shape index (κ1) is 113. The molecule has 712 valence electrons. The van der Waals surface area contributed by atoms with Crippen LogP contribution in [-0.4, -0.2) is 224 Å². The number of carbonyl (C=O) groups is 16. The average molecular weight is 1850 g/mol. The number of rotatable bonds is 18. The lowest BCUT2D eigenvalue weighted by molar-refractivity contribution is 0.0951. The normalized spacial score (nSPS) is 9.16. The van der Waals surface area contributed by atoms with Gasteiger partial charge in [0, 0.05) is 154 Å². The molecule has 0 aromatic heterocycles. The molecule has 0 aliphatic carbocycles. The van der Waals surface area contributed by atoms with Crippen molar-refractivity contribution in [3.8, 4) is 40.2 Å². The fraction of sp³-hybridized carbons (Fsp3) is 0.205. The summed E-state index contributed by atoms with van der Waals surface area (Å²) >= 11 is 0. The van der Waals surface area contributed by atoms with Gasteiger partial charge in [0.1, 0.15) is 40.2 Å². The Hall–Kier alpha value is -18.1. The number of methoxy groups -OCH3 is 5. The third kappa shape index (κ3) is 48.3. The van der Waals surface area contributed by atoms with Crippen molar-refractivity contribution in [2.75, 3.05) is 159 Å². The molecule has 9 rings (SSSR count). The van der Waals surface area contributed by atoms with Crippen LogP contribution in [0.3, 0.4) is 0 Å². The summed E-state index contributed by atoms with van der Waals surface area (Å²) in [5, 5.41) is 46.7. The second-order valence-corrected chi connectivity index (χ2v) is 24.3. The molecule has 19 N–H and O–H groups in total. The Balaban J connectivity index is 0.000000749. The number of hydrogen-bond donors (Lipinski definition) is 19. The molecule has 9 aromatic carbocycles. The number of amides is 19. The van der Waals surface area contributed by atoms with Crippen molar-refractivity contribution in [1.82, 2.24) is 69.1 Å². The second kappa shape index (κ2) is 65.5. The lowest BCUT2D eigenvalue weighted by Crippen LogP contribution is -2.25. The molecule has 0 atom stereocenters. The molecule has 0 aliphatic heterocycles. The summed E-state index contributed by atoms with van der Waals surface area (Å²) in [7, 11) is 26.8. The standard InChI is InChI=1S/C10H14N4O2.C10H13N3O2.3C10H12N2O4.C10H12N2O3.C10H12N2O2.C9H11NO3.C9H11NO2/c1-11-9(15)13-7-3-5-8(6-4-7)14-10(16)12-2;1-11-9(14)7-3-5-8(6-4-7)13-10(15)12-2;1-15-9(13)11-7-3-5-8(6-4-7)12-10(14)16-2;1-11-9(13)16-8-5-3-7(4-6-8)12-10(14)15-2;1-11-9(13)15-7-3-5-8(6-4-7)16-10(14)12-2;1-11-9(13)7-3-5-8(6-4-7)15-10(14)12-2;1-11-9(13)7-3-5-8(6-4-7)10(14)12-2;1-10-9(11)13-8-5-3-7(12-2)4-6-8;1-10-9(11)7-3-5-8(12-2)6-4-7/h3-6H,1-2H3,(H2,11,13,15)(H2,12,14,16);3-6H,1-2H3,(H,11,14)(H2,12,13,15);3*3-6H,1-2H3,(H,11,13)(H,12,14);3-6H,1-2H3,(H,11,13)(H,12,14);3-6H,1-2H3,(H,11,13)(H,12,14);3-6H,1-2H3,(H,10,11);3-6H,1-2H3,(H,10,11). The van der Waals surface area contributed by atoms with Gasteiger partial charge in [-0.25, -0.2) is 52.7 Å². The summed E-state index contributed by atoms with van der Waals surface area (Å²) in [6.07, 6.45) is -4.33. The predicted molar refractivity (Wildman–Crippen MR) is 496 cm³/mol. The highest BCUT2D eigenvalue weighted by molar-refractivity contribution is 5.99. The largest absolute Gasteiger partial charge is 0.497 e. The molecule has 45 heteroatoms. The maximum atomic E-state index is 11.2. The van der Waals surface area contributed by atoms with E-state index in [4.69, 9.17) is 33.2 Å². The molecular formula is C88H109N19O26. The zero-order valence-corrected chi connectivity index (χ0v) is 75.9. The molecular weight excluding hydrogens is 1740 g/mol. The molecule has 0 saturated heterocycles. The van der Waals surface area contributed by atoms with Crippen LogP contribution in [0, 0.1) is 0 Å². The van der Waals surface area contributed by atoms with Crippen LogP contribution in [0.1, 0.15) is 51.8 Å². The quantitative estimate of drug-likeness (QED) is 0.0355. The van der Waals surface area contributed by atoms with Crippen molar-refractivity contribution >= 4 is 130 Å². The molecule has 9 aromatic rings. The molecule has 19 amide bonds. The molecule has 0 spiro atoms. The van der Waals surface area contributed by atoms with Crippen molar-refractivity contribution in [2.24, 2.45) is 0 Å². The number of benzene rings is 9. The SMILES string of the molecule is CNC(=O)Nc1ccc(C(=O)NC)cc1.CNC(=O)Nc1ccc(NC(=O)NC)cc1.CNC(=O)Oc1ccc(C(=O)NC)cc1.CNC(=O)Oc1ccc(NC(=O)OC)cc1.CNC(=O)Oc1ccc(OC(=O)NC)cc1.CNC(=O)Oc1ccc(OC)cc1.CNC(=O)c1ccc(C(=O)NC)cc1.CNC(=O)c1ccc(OC)cc1.COC(=O)Nc1ccc(NC(=O)OC)cc1. The Morgan fingerprint density at radius 3 is 0.481 bits per heavy atom. The van der Waals surface area contributed by atoms with Gasteiger partial charge in [0.2, 0.25) is 0 Å². The topological polar surface area (TPSA) is 594 Å². The van der Waals surface area contributed by atoms with E-state index in [2.05, 4.69) is 115 Å². The minimum atomic E-state index is -0.556. The van der Waals surface area contributed by atoms with Gasteiger partial charge in [-0.15, -0.1) is 0 Å². The minimum Gasteiger partial charge on any atom is -0.497 e.